The van der Waals surface area contributed by atoms with Crippen molar-refractivity contribution in [1.29, 1.82) is 0 Å². The Kier molecular flexibility index (Phi) is 5.90. The lowest BCUT2D eigenvalue weighted by Crippen LogP contribution is -2.44. The molecule has 2 N–H and O–H groups in total. The quantitative estimate of drug-likeness (QED) is 0.630. The van der Waals surface area contributed by atoms with Crippen LogP contribution >= 0.6 is 0 Å². The zero-order chi connectivity index (χ0) is 19.3. The molecule has 2 aromatic rings. The SMILES string of the molecule is Cc1cc(C)cc(OCC(=O)NNC(=O)c2cccc([N+](=O)[O-])c2C)c1. The highest BCUT2D eigenvalue weighted by atomic mass is 16.6. The maximum atomic E-state index is 12.1. The first-order chi connectivity index (χ1) is 12.3. The second-order valence-corrected chi connectivity index (χ2v) is 5.82. The molecule has 2 amide bonds. The molecule has 0 aromatic heterocycles. The van der Waals surface area contributed by atoms with Crippen LogP contribution in [-0.4, -0.2) is 23.3 Å². The Morgan fingerprint density at radius 1 is 1.08 bits per heavy atom. The smallest absolute Gasteiger partial charge is 0.276 e. The number of aryl methyl sites for hydroxylation is 2. The van der Waals surface area contributed by atoms with Crippen molar-refractivity contribution < 1.29 is 19.2 Å². The van der Waals surface area contributed by atoms with Gasteiger partial charge in [0, 0.05) is 11.6 Å². The Morgan fingerprint density at radius 2 is 1.73 bits per heavy atom. The maximum Gasteiger partial charge on any atom is 0.276 e. The van der Waals surface area contributed by atoms with Gasteiger partial charge in [-0.1, -0.05) is 12.1 Å². The van der Waals surface area contributed by atoms with Gasteiger partial charge in [0.2, 0.25) is 0 Å². The summed E-state index contributed by atoms with van der Waals surface area (Å²) < 4.78 is 5.39. The van der Waals surface area contributed by atoms with Crippen molar-refractivity contribution in [2.45, 2.75) is 20.8 Å². The number of carbonyl (C=O) groups excluding carboxylic acids is 2. The number of nitrogens with one attached hydrogen (secondary N) is 2. The molecule has 0 spiro atoms. The van der Waals surface area contributed by atoms with Crippen LogP contribution < -0.4 is 15.6 Å². The molecule has 8 nitrogen and oxygen atoms in total. The number of hydrogen-bond acceptors (Lipinski definition) is 5. The lowest BCUT2D eigenvalue weighted by molar-refractivity contribution is -0.385. The largest absolute Gasteiger partial charge is 0.484 e. The minimum Gasteiger partial charge on any atom is -0.484 e. The number of hydrazine groups is 1. The Labute approximate surface area is 150 Å². The Morgan fingerprint density at radius 3 is 2.35 bits per heavy atom. The molecule has 0 unspecified atom stereocenters. The van der Waals surface area contributed by atoms with E-state index < -0.39 is 16.7 Å². The fourth-order valence-electron chi connectivity index (χ4n) is 2.46. The van der Waals surface area contributed by atoms with Gasteiger partial charge in [-0.05, 0) is 50.1 Å². The van der Waals surface area contributed by atoms with Gasteiger partial charge in [0.15, 0.2) is 6.61 Å². The Hall–Kier alpha value is -3.42. The van der Waals surface area contributed by atoms with E-state index in [-0.39, 0.29) is 23.4 Å². The average Bonchev–Trinajstić information content (AvgIpc) is 2.57. The molecule has 0 aliphatic rings. The molecule has 0 aliphatic heterocycles. The molecule has 26 heavy (non-hydrogen) atoms. The molecule has 0 saturated carbocycles. The van der Waals surface area contributed by atoms with Crippen LogP contribution in [0.15, 0.2) is 36.4 Å². The van der Waals surface area contributed by atoms with Gasteiger partial charge >= 0.3 is 0 Å². The average molecular weight is 357 g/mol. The Balaban J connectivity index is 1.92. The molecular formula is C18H19N3O5. The Bertz CT molecular complexity index is 844. The summed E-state index contributed by atoms with van der Waals surface area (Å²) in [7, 11) is 0. The summed E-state index contributed by atoms with van der Waals surface area (Å²) >= 11 is 0. The van der Waals surface area contributed by atoms with E-state index in [9.17, 15) is 19.7 Å². The van der Waals surface area contributed by atoms with Crippen LogP contribution in [0.3, 0.4) is 0 Å². The van der Waals surface area contributed by atoms with E-state index in [0.717, 1.165) is 11.1 Å². The normalized spacial score (nSPS) is 10.1. The highest BCUT2D eigenvalue weighted by Crippen LogP contribution is 2.20. The van der Waals surface area contributed by atoms with E-state index in [4.69, 9.17) is 4.74 Å². The summed E-state index contributed by atoms with van der Waals surface area (Å²) in [4.78, 5) is 34.3. The van der Waals surface area contributed by atoms with Crippen LogP contribution in [-0.2, 0) is 4.79 Å². The van der Waals surface area contributed by atoms with E-state index >= 15 is 0 Å². The molecule has 0 fully saturated rings. The summed E-state index contributed by atoms with van der Waals surface area (Å²) in [6.45, 7) is 5.03. The van der Waals surface area contributed by atoms with E-state index in [2.05, 4.69) is 10.9 Å². The number of rotatable bonds is 5. The molecule has 2 aromatic carbocycles. The number of amides is 2. The molecule has 0 saturated heterocycles. The third-order valence-electron chi connectivity index (χ3n) is 3.63. The van der Waals surface area contributed by atoms with Gasteiger partial charge in [0.25, 0.3) is 17.5 Å². The predicted octanol–water partition coefficient (Wildman–Crippen LogP) is 2.36. The topological polar surface area (TPSA) is 111 Å². The number of nitrogens with zero attached hydrogens (tertiary/aromatic N) is 1. The van der Waals surface area contributed by atoms with Crippen molar-refractivity contribution in [3.8, 4) is 5.75 Å². The number of ether oxygens (including phenoxy) is 1. The summed E-state index contributed by atoms with van der Waals surface area (Å²) in [5.74, 6) is -0.648. The first-order valence-electron chi connectivity index (χ1n) is 7.82. The molecule has 0 bridgehead atoms. The van der Waals surface area contributed by atoms with Crippen molar-refractivity contribution in [2.75, 3.05) is 6.61 Å². The van der Waals surface area contributed by atoms with E-state index in [1.54, 1.807) is 12.1 Å². The third-order valence-corrected chi connectivity index (χ3v) is 3.63. The maximum absolute atomic E-state index is 12.1. The van der Waals surface area contributed by atoms with Crippen LogP contribution in [0.5, 0.6) is 5.75 Å². The number of nitro groups is 1. The van der Waals surface area contributed by atoms with Gasteiger partial charge in [-0.15, -0.1) is 0 Å². The van der Waals surface area contributed by atoms with Crippen molar-refractivity contribution in [3.05, 3.63) is 68.8 Å². The standard InChI is InChI=1S/C18H19N3O5/c1-11-7-12(2)9-14(8-11)26-10-17(22)19-20-18(23)15-5-4-6-16(13(15)3)21(24)25/h4-9H,10H2,1-3H3,(H,19,22)(H,20,23). The van der Waals surface area contributed by atoms with Gasteiger partial charge in [0.1, 0.15) is 5.75 Å². The monoisotopic (exact) mass is 357 g/mol. The molecule has 136 valence electrons. The van der Waals surface area contributed by atoms with E-state index in [0.29, 0.717) is 5.75 Å². The second kappa shape index (κ2) is 8.11. The van der Waals surface area contributed by atoms with Gasteiger partial charge in [-0.3, -0.25) is 30.6 Å². The molecule has 0 radical (unpaired) electrons. The van der Waals surface area contributed by atoms with Crippen LogP contribution in [0, 0.1) is 30.9 Å². The minimum absolute atomic E-state index is 0.106. The highest BCUT2D eigenvalue weighted by molar-refractivity contribution is 5.97. The van der Waals surface area contributed by atoms with Crippen molar-refractivity contribution in [2.24, 2.45) is 0 Å². The van der Waals surface area contributed by atoms with Crippen molar-refractivity contribution in [3.63, 3.8) is 0 Å². The molecule has 0 atom stereocenters. The zero-order valence-electron chi connectivity index (χ0n) is 14.7. The summed E-state index contributed by atoms with van der Waals surface area (Å²) in [6.07, 6.45) is 0. The number of nitro benzene ring substituents is 1. The first kappa shape index (κ1) is 18.9. The molecule has 2 rings (SSSR count). The molecular weight excluding hydrogens is 338 g/mol. The predicted molar refractivity (Wildman–Crippen MR) is 94.9 cm³/mol. The highest BCUT2D eigenvalue weighted by Gasteiger charge is 2.18. The fraction of sp³-hybridized carbons (Fsp3) is 0.222. The van der Waals surface area contributed by atoms with E-state index in [1.165, 1.54) is 25.1 Å². The zero-order valence-corrected chi connectivity index (χ0v) is 14.7. The fourth-order valence-corrected chi connectivity index (χ4v) is 2.46. The van der Waals surface area contributed by atoms with Gasteiger partial charge in [-0.25, -0.2) is 0 Å². The number of hydrogen-bond donors (Lipinski definition) is 2. The van der Waals surface area contributed by atoms with Gasteiger partial charge in [-0.2, -0.15) is 0 Å². The number of carbonyl (C=O) groups is 2. The first-order valence-corrected chi connectivity index (χ1v) is 7.82. The van der Waals surface area contributed by atoms with Gasteiger partial charge < -0.3 is 4.74 Å². The van der Waals surface area contributed by atoms with Crippen LogP contribution in [0.2, 0.25) is 0 Å². The van der Waals surface area contributed by atoms with Crippen LogP contribution in [0.25, 0.3) is 0 Å². The third kappa shape index (κ3) is 4.79. The molecule has 0 aliphatic carbocycles. The lowest BCUT2D eigenvalue weighted by atomic mass is 10.1. The second-order valence-electron chi connectivity index (χ2n) is 5.82. The van der Waals surface area contributed by atoms with Crippen LogP contribution in [0.1, 0.15) is 27.0 Å². The number of benzene rings is 2. The lowest BCUT2D eigenvalue weighted by Gasteiger charge is -2.11. The van der Waals surface area contributed by atoms with Crippen molar-refractivity contribution >= 4 is 17.5 Å². The van der Waals surface area contributed by atoms with Gasteiger partial charge in [0.05, 0.1) is 10.5 Å². The molecule has 8 heteroatoms. The molecule has 0 heterocycles. The van der Waals surface area contributed by atoms with Crippen molar-refractivity contribution in [1.82, 2.24) is 10.9 Å². The summed E-state index contributed by atoms with van der Waals surface area (Å²) in [6, 6.07) is 9.73. The summed E-state index contributed by atoms with van der Waals surface area (Å²) in [5, 5.41) is 10.9. The summed E-state index contributed by atoms with van der Waals surface area (Å²) in [5.41, 5.74) is 6.62. The minimum atomic E-state index is -0.647. The van der Waals surface area contributed by atoms with Crippen LogP contribution in [0.4, 0.5) is 5.69 Å². The van der Waals surface area contributed by atoms with E-state index in [1.807, 2.05) is 19.9 Å².